The van der Waals surface area contributed by atoms with Crippen molar-refractivity contribution in [1.82, 2.24) is 9.29 Å². The van der Waals surface area contributed by atoms with Gasteiger partial charge in [0, 0.05) is 24.2 Å². The van der Waals surface area contributed by atoms with Crippen LogP contribution in [0.5, 0.6) is 0 Å². The largest absolute Gasteiger partial charge is 0.321 e. The van der Waals surface area contributed by atoms with E-state index in [1.807, 2.05) is 30.3 Å². The van der Waals surface area contributed by atoms with E-state index < -0.39 is 10.0 Å². The van der Waals surface area contributed by atoms with Crippen molar-refractivity contribution in [2.24, 2.45) is 5.92 Å². The molecule has 1 aliphatic rings. The lowest BCUT2D eigenvalue weighted by molar-refractivity contribution is 0.102. The minimum atomic E-state index is -3.51. The van der Waals surface area contributed by atoms with Gasteiger partial charge in [0.1, 0.15) is 5.69 Å². The zero-order valence-corrected chi connectivity index (χ0v) is 17.0. The number of benzene rings is 2. The number of pyridine rings is 1. The van der Waals surface area contributed by atoms with Crippen molar-refractivity contribution < 1.29 is 13.2 Å². The van der Waals surface area contributed by atoms with Crippen molar-refractivity contribution in [2.45, 2.75) is 24.7 Å². The lowest BCUT2D eigenvalue weighted by atomic mass is 10.0. The molecule has 0 radical (unpaired) electrons. The number of piperidine rings is 1. The second-order valence-corrected chi connectivity index (χ2v) is 9.42. The molecule has 0 aliphatic carbocycles. The van der Waals surface area contributed by atoms with Gasteiger partial charge in [-0.1, -0.05) is 31.2 Å². The van der Waals surface area contributed by atoms with Crippen molar-refractivity contribution in [3.63, 3.8) is 0 Å². The Morgan fingerprint density at radius 2 is 1.83 bits per heavy atom. The molecule has 3 aromatic rings. The summed E-state index contributed by atoms with van der Waals surface area (Å²) in [5.74, 6) is 0.0303. The average Bonchev–Trinajstić information content (AvgIpc) is 2.74. The molecular formula is C22H23N3O3S. The van der Waals surface area contributed by atoms with Crippen LogP contribution in [0.25, 0.3) is 10.9 Å². The van der Waals surface area contributed by atoms with Crippen LogP contribution < -0.4 is 5.32 Å². The van der Waals surface area contributed by atoms with Crippen LogP contribution in [0, 0.1) is 5.92 Å². The maximum atomic E-state index is 12.8. The maximum Gasteiger partial charge on any atom is 0.274 e. The molecule has 1 unspecified atom stereocenters. The summed E-state index contributed by atoms with van der Waals surface area (Å²) in [5.41, 5.74) is 1.58. The Hall–Kier alpha value is -2.77. The van der Waals surface area contributed by atoms with Gasteiger partial charge in [0.2, 0.25) is 10.0 Å². The summed E-state index contributed by atoms with van der Waals surface area (Å²) in [4.78, 5) is 17.1. The second kappa shape index (κ2) is 7.93. The molecule has 29 heavy (non-hydrogen) atoms. The van der Waals surface area contributed by atoms with Crippen molar-refractivity contribution in [3.8, 4) is 0 Å². The number of anilines is 1. The minimum absolute atomic E-state index is 0.244. The Morgan fingerprint density at radius 1 is 1.07 bits per heavy atom. The summed E-state index contributed by atoms with van der Waals surface area (Å²) in [6, 6.07) is 17.4. The molecule has 7 heteroatoms. The minimum Gasteiger partial charge on any atom is -0.321 e. The Balaban J connectivity index is 1.49. The molecule has 1 saturated heterocycles. The van der Waals surface area contributed by atoms with Gasteiger partial charge in [-0.2, -0.15) is 4.31 Å². The van der Waals surface area contributed by atoms with Crippen molar-refractivity contribution in [1.29, 1.82) is 0 Å². The second-order valence-electron chi connectivity index (χ2n) is 7.48. The number of hydrogen-bond donors (Lipinski definition) is 1. The predicted molar refractivity (Wildman–Crippen MR) is 113 cm³/mol. The SMILES string of the molecule is CC1CCCN(S(=O)(=O)c2ccc(NC(=O)c3ccc4ccccc4n3)cc2)C1. The van der Waals surface area contributed by atoms with E-state index in [1.165, 1.54) is 12.1 Å². The van der Waals surface area contributed by atoms with Crippen LogP contribution in [-0.4, -0.2) is 36.7 Å². The van der Waals surface area contributed by atoms with Crippen LogP contribution in [0.2, 0.25) is 0 Å². The van der Waals surface area contributed by atoms with E-state index in [0.29, 0.717) is 30.4 Å². The van der Waals surface area contributed by atoms with E-state index in [1.54, 1.807) is 22.5 Å². The molecule has 4 rings (SSSR count). The number of fused-ring (bicyclic) bond motifs is 1. The van der Waals surface area contributed by atoms with Crippen LogP contribution in [0.3, 0.4) is 0 Å². The van der Waals surface area contributed by atoms with Gasteiger partial charge in [-0.3, -0.25) is 4.79 Å². The van der Waals surface area contributed by atoms with E-state index in [-0.39, 0.29) is 10.8 Å². The van der Waals surface area contributed by atoms with E-state index in [9.17, 15) is 13.2 Å². The standard InChI is InChI=1S/C22H23N3O3S/c1-16-5-4-14-25(15-16)29(27,28)19-11-9-18(10-12-19)23-22(26)21-13-8-17-6-2-3-7-20(17)24-21/h2-3,6-13,16H,4-5,14-15H2,1H3,(H,23,26). The van der Waals surface area contributed by atoms with E-state index >= 15 is 0 Å². The molecule has 1 aromatic heterocycles. The third kappa shape index (κ3) is 4.16. The molecule has 6 nitrogen and oxygen atoms in total. The Bertz CT molecular complexity index is 1140. The summed E-state index contributed by atoms with van der Waals surface area (Å²) in [7, 11) is -3.51. The number of sulfonamides is 1. The Labute approximate surface area is 170 Å². The average molecular weight is 410 g/mol. The lowest BCUT2D eigenvalue weighted by Crippen LogP contribution is -2.39. The number of carbonyl (C=O) groups is 1. The first kappa shape index (κ1) is 19.5. The van der Waals surface area contributed by atoms with Gasteiger partial charge in [0.25, 0.3) is 5.91 Å². The molecule has 1 amide bonds. The number of aromatic nitrogens is 1. The third-order valence-electron chi connectivity index (χ3n) is 5.20. The molecule has 1 N–H and O–H groups in total. The number of nitrogens with zero attached hydrogens (tertiary/aromatic N) is 2. The first-order valence-corrected chi connectivity index (χ1v) is 11.1. The first-order valence-electron chi connectivity index (χ1n) is 9.71. The van der Waals surface area contributed by atoms with E-state index in [0.717, 1.165) is 23.7 Å². The predicted octanol–water partition coefficient (Wildman–Crippen LogP) is 3.91. The summed E-state index contributed by atoms with van der Waals surface area (Å²) < 4.78 is 27.2. The van der Waals surface area contributed by atoms with Crippen LogP contribution in [0.4, 0.5) is 5.69 Å². The highest BCUT2D eigenvalue weighted by Gasteiger charge is 2.28. The molecule has 150 valence electrons. The Morgan fingerprint density at radius 3 is 2.59 bits per heavy atom. The lowest BCUT2D eigenvalue weighted by Gasteiger charge is -2.30. The quantitative estimate of drug-likeness (QED) is 0.709. The van der Waals surface area contributed by atoms with Crippen LogP contribution in [0.1, 0.15) is 30.3 Å². The molecule has 0 spiro atoms. The number of rotatable bonds is 4. The van der Waals surface area contributed by atoms with Crippen molar-refractivity contribution in [2.75, 3.05) is 18.4 Å². The van der Waals surface area contributed by atoms with Gasteiger partial charge >= 0.3 is 0 Å². The summed E-state index contributed by atoms with van der Waals surface area (Å²) >= 11 is 0. The molecular weight excluding hydrogens is 386 g/mol. The van der Waals surface area contributed by atoms with Gasteiger partial charge in [-0.15, -0.1) is 0 Å². The summed E-state index contributed by atoms with van der Waals surface area (Å²) in [6.07, 6.45) is 1.94. The number of hydrogen-bond acceptors (Lipinski definition) is 4. The van der Waals surface area contributed by atoms with Gasteiger partial charge in [-0.05, 0) is 55.2 Å². The summed E-state index contributed by atoms with van der Waals surface area (Å²) in [5, 5.41) is 3.74. The zero-order valence-electron chi connectivity index (χ0n) is 16.2. The topological polar surface area (TPSA) is 79.4 Å². The highest BCUT2D eigenvalue weighted by Crippen LogP contribution is 2.24. The Kier molecular flexibility index (Phi) is 5.34. The molecule has 2 heterocycles. The summed E-state index contributed by atoms with van der Waals surface area (Å²) in [6.45, 7) is 3.17. The smallest absolute Gasteiger partial charge is 0.274 e. The normalized spacial score (nSPS) is 17.9. The number of amides is 1. The van der Waals surface area contributed by atoms with Crippen LogP contribution >= 0.6 is 0 Å². The monoisotopic (exact) mass is 409 g/mol. The van der Waals surface area contributed by atoms with Gasteiger partial charge in [-0.25, -0.2) is 13.4 Å². The fourth-order valence-electron chi connectivity index (χ4n) is 3.61. The molecule has 1 aliphatic heterocycles. The molecule has 2 aromatic carbocycles. The van der Waals surface area contributed by atoms with Gasteiger partial charge < -0.3 is 5.32 Å². The number of carbonyl (C=O) groups excluding carboxylic acids is 1. The molecule has 1 atom stereocenters. The fraction of sp³-hybridized carbons (Fsp3) is 0.273. The number of nitrogens with one attached hydrogen (secondary N) is 1. The molecule has 0 bridgehead atoms. The zero-order chi connectivity index (χ0) is 20.4. The van der Waals surface area contributed by atoms with E-state index in [4.69, 9.17) is 0 Å². The highest BCUT2D eigenvalue weighted by molar-refractivity contribution is 7.89. The molecule has 0 saturated carbocycles. The van der Waals surface area contributed by atoms with Gasteiger partial charge in [0.15, 0.2) is 0 Å². The van der Waals surface area contributed by atoms with Crippen LogP contribution in [0.15, 0.2) is 65.6 Å². The highest BCUT2D eigenvalue weighted by atomic mass is 32.2. The first-order chi connectivity index (χ1) is 13.9. The van der Waals surface area contributed by atoms with Crippen molar-refractivity contribution in [3.05, 3.63) is 66.4 Å². The van der Waals surface area contributed by atoms with Gasteiger partial charge in [0.05, 0.1) is 10.4 Å². The molecule has 1 fully saturated rings. The van der Waals surface area contributed by atoms with Crippen LogP contribution in [-0.2, 0) is 10.0 Å². The number of para-hydroxylation sites is 1. The van der Waals surface area contributed by atoms with E-state index in [2.05, 4.69) is 17.2 Å². The van der Waals surface area contributed by atoms with Crippen molar-refractivity contribution >= 4 is 32.5 Å². The fourth-order valence-corrected chi connectivity index (χ4v) is 5.21. The maximum absolute atomic E-state index is 12.8. The third-order valence-corrected chi connectivity index (χ3v) is 7.08.